The molecule has 0 fully saturated rings. The number of rotatable bonds is 2. The van der Waals surface area contributed by atoms with Crippen LogP contribution in [0.4, 0.5) is 0 Å². The van der Waals surface area contributed by atoms with Gasteiger partial charge in [0.05, 0.1) is 0 Å². The molecule has 0 spiro atoms. The highest BCUT2D eigenvalue weighted by Crippen LogP contribution is 2.31. The average molecular weight is 261 g/mol. The second-order valence-corrected chi connectivity index (χ2v) is 5.48. The van der Waals surface area contributed by atoms with Crippen LogP contribution < -0.4 is 14.8 Å². The Morgan fingerprint density at radius 3 is 2.58 bits per heavy atom. The fourth-order valence-electron chi connectivity index (χ4n) is 1.75. The third-order valence-electron chi connectivity index (χ3n) is 2.49. The van der Waals surface area contributed by atoms with Gasteiger partial charge in [0.2, 0.25) is 5.91 Å². The third kappa shape index (κ3) is 4.02. The molecule has 1 aromatic rings. The van der Waals surface area contributed by atoms with Crippen LogP contribution in [0.5, 0.6) is 11.5 Å². The van der Waals surface area contributed by atoms with Crippen LogP contribution in [0.2, 0.25) is 0 Å². The third-order valence-corrected chi connectivity index (χ3v) is 2.49. The first-order chi connectivity index (χ1) is 8.94. The lowest BCUT2D eigenvalue weighted by molar-refractivity contribution is -0.117. The predicted molar refractivity (Wildman–Crippen MR) is 74.4 cm³/mol. The van der Waals surface area contributed by atoms with Crippen molar-refractivity contribution in [3.8, 4) is 11.5 Å². The summed E-state index contributed by atoms with van der Waals surface area (Å²) in [6, 6.07) is 5.62. The molecule has 1 aromatic carbocycles. The van der Waals surface area contributed by atoms with Crippen LogP contribution in [-0.2, 0) is 4.79 Å². The molecule has 0 radical (unpaired) electrons. The first-order valence-corrected chi connectivity index (χ1v) is 6.34. The lowest BCUT2D eigenvalue weighted by Gasteiger charge is -2.19. The Morgan fingerprint density at radius 1 is 1.21 bits per heavy atom. The van der Waals surface area contributed by atoms with E-state index in [9.17, 15) is 4.79 Å². The Morgan fingerprint density at radius 2 is 1.89 bits per heavy atom. The van der Waals surface area contributed by atoms with Gasteiger partial charge in [-0.05, 0) is 44.5 Å². The first kappa shape index (κ1) is 13.5. The van der Waals surface area contributed by atoms with E-state index in [1.54, 1.807) is 6.08 Å². The van der Waals surface area contributed by atoms with Crippen molar-refractivity contribution < 1.29 is 14.3 Å². The second-order valence-electron chi connectivity index (χ2n) is 5.48. The Bertz CT molecular complexity index is 501. The van der Waals surface area contributed by atoms with Crippen molar-refractivity contribution in [2.45, 2.75) is 26.3 Å². The van der Waals surface area contributed by atoms with Crippen molar-refractivity contribution in [2.75, 3.05) is 13.2 Å². The summed E-state index contributed by atoms with van der Waals surface area (Å²) in [4.78, 5) is 11.7. The lowest BCUT2D eigenvalue weighted by Crippen LogP contribution is -2.39. The number of hydrogen-bond donors (Lipinski definition) is 1. The molecule has 2 rings (SSSR count). The van der Waals surface area contributed by atoms with E-state index < -0.39 is 0 Å². The molecule has 0 saturated heterocycles. The predicted octanol–water partition coefficient (Wildman–Crippen LogP) is 2.39. The number of nitrogens with one attached hydrogen (secondary N) is 1. The maximum absolute atomic E-state index is 11.7. The van der Waals surface area contributed by atoms with Crippen molar-refractivity contribution in [1.29, 1.82) is 0 Å². The monoisotopic (exact) mass is 261 g/mol. The van der Waals surface area contributed by atoms with Crippen LogP contribution in [0.15, 0.2) is 24.3 Å². The first-order valence-electron chi connectivity index (χ1n) is 6.34. The molecule has 1 heterocycles. The van der Waals surface area contributed by atoms with E-state index >= 15 is 0 Å². The van der Waals surface area contributed by atoms with Crippen molar-refractivity contribution in [1.82, 2.24) is 5.32 Å². The molecule has 0 unspecified atom stereocenters. The number of carbonyl (C=O) groups is 1. The molecule has 0 aliphatic carbocycles. The molecule has 1 N–H and O–H groups in total. The van der Waals surface area contributed by atoms with Gasteiger partial charge in [0.15, 0.2) is 11.5 Å². The Labute approximate surface area is 113 Å². The molecule has 1 amide bonds. The average Bonchev–Trinajstić information content (AvgIpc) is 2.34. The maximum atomic E-state index is 11.7. The topological polar surface area (TPSA) is 47.6 Å². The second kappa shape index (κ2) is 5.34. The fraction of sp³-hybridized carbons (Fsp3) is 0.400. The maximum Gasteiger partial charge on any atom is 0.244 e. The molecular weight excluding hydrogens is 242 g/mol. The van der Waals surface area contributed by atoms with E-state index in [2.05, 4.69) is 5.32 Å². The van der Waals surface area contributed by atoms with E-state index in [1.165, 1.54) is 6.08 Å². The van der Waals surface area contributed by atoms with Gasteiger partial charge in [-0.2, -0.15) is 0 Å². The number of fused-ring (bicyclic) bond motifs is 1. The summed E-state index contributed by atoms with van der Waals surface area (Å²) >= 11 is 0. The van der Waals surface area contributed by atoms with Crippen LogP contribution in [0.25, 0.3) is 6.08 Å². The molecule has 4 nitrogen and oxygen atoms in total. The van der Waals surface area contributed by atoms with E-state index in [-0.39, 0.29) is 11.4 Å². The minimum atomic E-state index is -0.228. The molecule has 4 heteroatoms. The fourth-order valence-corrected chi connectivity index (χ4v) is 1.75. The van der Waals surface area contributed by atoms with Crippen LogP contribution in [0, 0.1) is 0 Å². The van der Waals surface area contributed by atoms with Crippen LogP contribution in [0.1, 0.15) is 26.3 Å². The summed E-state index contributed by atoms with van der Waals surface area (Å²) in [5.41, 5.74) is 0.683. The van der Waals surface area contributed by atoms with Gasteiger partial charge in [0, 0.05) is 11.6 Å². The van der Waals surface area contributed by atoms with E-state index in [0.29, 0.717) is 13.2 Å². The number of benzene rings is 1. The summed E-state index contributed by atoms with van der Waals surface area (Å²) < 4.78 is 10.9. The highest BCUT2D eigenvalue weighted by atomic mass is 16.6. The quantitative estimate of drug-likeness (QED) is 0.831. The Hall–Kier alpha value is -1.97. The highest BCUT2D eigenvalue weighted by Gasteiger charge is 2.12. The molecule has 0 aromatic heterocycles. The van der Waals surface area contributed by atoms with Crippen LogP contribution in [-0.4, -0.2) is 24.7 Å². The minimum Gasteiger partial charge on any atom is -0.486 e. The van der Waals surface area contributed by atoms with Gasteiger partial charge in [-0.15, -0.1) is 0 Å². The summed E-state index contributed by atoms with van der Waals surface area (Å²) in [5.74, 6) is 1.37. The van der Waals surface area contributed by atoms with Gasteiger partial charge in [0.25, 0.3) is 0 Å². The Kier molecular flexibility index (Phi) is 3.79. The number of amides is 1. The van der Waals surface area contributed by atoms with E-state index in [1.807, 2.05) is 39.0 Å². The molecule has 0 saturated carbocycles. The normalized spacial score (nSPS) is 14.5. The van der Waals surface area contributed by atoms with Crippen molar-refractivity contribution in [3.05, 3.63) is 29.8 Å². The summed E-state index contributed by atoms with van der Waals surface area (Å²) in [6.45, 7) is 6.98. The number of hydrogen-bond acceptors (Lipinski definition) is 3. The standard InChI is InChI=1S/C15H19NO3/c1-15(2,3)16-14(17)7-5-11-4-6-12-13(10-11)19-9-8-18-12/h4-7,10H,8-9H2,1-3H3,(H,16,17). The van der Waals surface area contributed by atoms with Gasteiger partial charge in [-0.1, -0.05) is 6.07 Å². The number of carbonyl (C=O) groups excluding carboxylic acids is 1. The van der Waals surface area contributed by atoms with Gasteiger partial charge < -0.3 is 14.8 Å². The molecule has 1 aliphatic rings. The zero-order chi connectivity index (χ0) is 13.9. The van der Waals surface area contributed by atoms with Crippen molar-refractivity contribution in [3.63, 3.8) is 0 Å². The van der Waals surface area contributed by atoms with E-state index in [0.717, 1.165) is 17.1 Å². The number of ether oxygens (including phenoxy) is 2. The zero-order valence-corrected chi connectivity index (χ0v) is 11.5. The summed E-state index contributed by atoms with van der Waals surface area (Å²) in [7, 11) is 0. The molecular formula is C15H19NO3. The molecule has 102 valence electrons. The minimum absolute atomic E-state index is 0.109. The summed E-state index contributed by atoms with van der Waals surface area (Å²) in [6.07, 6.45) is 3.29. The smallest absolute Gasteiger partial charge is 0.244 e. The SMILES string of the molecule is CC(C)(C)NC(=O)C=Cc1ccc2c(c1)OCCO2. The van der Waals surface area contributed by atoms with Crippen LogP contribution in [0.3, 0.4) is 0 Å². The highest BCUT2D eigenvalue weighted by molar-refractivity contribution is 5.92. The molecule has 0 bridgehead atoms. The zero-order valence-electron chi connectivity index (χ0n) is 11.5. The lowest BCUT2D eigenvalue weighted by atomic mass is 10.1. The molecule has 19 heavy (non-hydrogen) atoms. The molecule has 1 aliphatic heterocycles. The Balaban J connectivity index is 2.05. The van der Waals surface area contributed by atoms with E-state index in [4.69, 9.17) is 9.47 Å². The van der Waals surface area contributed by atoms with Gasteiger partial charge in [-0.3, -0.25) is 4.79 Å². The van der Waals surface area contributed by atoms with Gasteiger partial charge >= 0.3 is 0 Å². The van der Waals surface area contributed by atoms with Gasteiger partial charge in [0.1, 0.15) is 13.2 Å². The molecule has 0 atom stereocenters. The largest absolute Gasteiger partial charge is 0.486 e. The van der Waals surface area contributed by atoms with Crippen molar-refractivity contribution >= 4 is 12.0 Å². The van der Waals surface area contributed by atoms with Gasteiger partial charge in [-0.25, -0.2) is 0 Å². The van der Waals surface area contributed by atoms with Crippen LogP contribution >= 0.6 is 0 Å². The summed E-state index contributed by atoms with van der Waals surface area (Å²) in [5, 5.41) is 2.87. The van der Waals surface area contributed by atoms with Crippen molar-refractivity contribution in [2.24, 2.45) is 0 Å².